The summed E-state index contributed by atoms with van der Waals surface area (Å²) in [6.07, 6.45) is 1.71. The van der Waals surface area contributed by atoms with Crippen LogP contribution >= 0.6 is 15.9 Å². The zero-order valence-corrected chi connectivity index (χ0v) is 12.7. The van der Waals surface area contributed by atoms with Crippen LogP contribution in [0.1, 0.15) is 6.92 Å². The number of hydrogen-bond acceptors (Lipinski definition) is 4. The fourth-order valence-electron chi connectivity index (χ4n) is 2.10. The smallest absolute Gasteiger partial charge is 0.133 e. The van der Waals surface area contributed by atoms with Crippen LogP contribution in [0.5, 0.6) is 5.75 Å². The number of nitrogens with two attached hydrogens (primary N) is 1. The third-order valence-corrected chi connectivity index (χ3v) is 4.01. The summed E-state index contributed by atoms with van der Waals surface area (Å²) < 4.78 is 12.0. The lowest BCUT2D eigenvalue weighted by Gasteiger charge is -2.37. The molecule has 1 aromatic carbocycles. The molecule has 1 aliphatic rings. The molecule has 0 spiro atoms. The van der Waals surface area contributed by atoms with Gasteiger partial charge in [0.25, 0.3) is 0 Å². The lowest BCUT2D eigenvalue weighted by molar-refractivity contribution is -0.120. The maximum Gasteiger partial charge on any atom is 0.133 e. The van der Waals surface area contributed by atoms with Crippen molar-refractivity contribution in [2.75, 3.05) is 25.6 Å². The zero-order chi connectivity index (χ0) is 14.2. The van der Waals surface area contributed by atoms with Gasteiger partial charge < -0.3 is 15.2 Å². The highest BCUT2D eigenvalue weighted by atomic mass is 79.9. The lowest BCUT2D eigenvalue weighted by Crippen LogP contribution is -2.44. The summed E-state index contributed by atoms with van der Waals surface area (Å²) in [5, 5.41) is 6.66. The fraction of sp³-hybridized carbons (Fsp3) is 0.357. The molecule has 2 aromatic rings. The van der Waals surface area contributed by atoms with Gasteiger partial charge in [0.1, 0.15) is 11.6 Å². The number of rotatable bonds is 4. The number of anilines is 1. The van der Waals surface area contributed by atoms with Gasteiger partial charge in [-0.1, -0.05) is 13.0 Å². The van der Waals surface area contributed by atoms with Crippen LogP contribution in [-0.4, -0.2) is 30.0 Å². The first-order valence-electron chi connectivity index (χ1n) is 6.37. The Morgan fingerprint density at radius 2 is 2.30 bits per heavy atom. The Bertz CT molecular complexity index is 623. The summed E-state index contributed by atoms with van der Waals surface area (Å²) >= 11 is 3.54. The summed E-state index contributed by atoms with van der Waals surface area (Å²) in [7, 11) is 0. The van der Waals surface area contributed by atoms with Gasteiger partial charge >= 0.3 is 0 Å². The maximum absolute atomic E-state index is 5.86. The number of aromatic amines is 1. The highest BCUT2D eigenvalue weighted by Gasteiger charge is 2.34. The van der Waals surface area contributed by atoms with Crippen LogP contribution in [0.4, 0.5) is 5.82 Å². The van der Waals surface area contributed by atoms with Crippen LogP contribution in [0.2, 0.25) is 0 Å². The molecule has 0 amide bonds. The van der Waals surface area contributed by atoms with E-state index in [9.17, 15) is 0 Å². The number of aromatic nitrogens is 2. The van der Waals surface area contributed by atoms with Crippen molar-refractivity contribution in [1.29, 1.82) is 0 Å². The molecule has 106 valence electrons. The van der Waals surface area contributed by atoms with Crippen LogP contribution < -0.4 is 10.5 Å². The highest BCUT2D eigenvalue weighted by Crippen LogP contribution is 2.34. The molecule has 0 radical (unpaired) electrons. The van der Waals surface area contributed by atoms with Gasteiger partial charge in [-0.05, 0) is 33.6 Å². The van der Waals surface area contributed by atoms with Crippen molar-refractivity contribution in [3.8, 4) is 16.9 Å². The Hall–Kier alpha value is -1.53. The van der Waals surface area contributed by atoms with Crippen LogP contribution in [0.3, 0.4) is 0 Å². The molecule has 6 heteroatoms. The third-order valence-electron chi connectivity index (χ3n) is 3.39. The summed E-state index contributed by atoms with van der Waals surface area (Å²) in [6, 6.07) is 5.89. The van der Waals surface area contributed by atoms with E-state index in [1.165, 1.54) is 0 Å². The molecule has 1 aromatic heterocycles. The van der Waals surface area contributed by atoms with E-state index in [0.29, 0.717) is 12.4 Å². The van der Waals surface area contributed by atoms with Gasteiger partial charge in [-0.2, -0.15) is 5.10 Å². The number of halogens is 1. The largest absolute Gasteiger partial charge is 0.492 e. The predicted molar refractivity (Wildman–Crippen MR) is 80.6 cm³/mol. The van der Waals surface area contributed by atoms with Gasteiger partial charge in [0.05, 0.1) is 30.5 Å². The van der Waals surface area contributed by atoms with Crippen molar-refractivity contribution in [2.45, 2.75) is 6.92 Å². The minimum atomic E-state index is 0.132. The van der Waals surface area contributed by atoms with Gasteiger partial charge in [0.15, 0.2) is 0 Å². The van der Waals surface area contributed by atoms with E-state index in [2.05, 4.69) is 33.1 Å². The number of benzene rings is 1. The molecule has 0 saturated carbocycles. The molecular weight excluding hydrogens is 322 g/mol. The van der Waals surface area contributed by atoms with Crippen LogP contribution in [-0.2, 0) is 4.74 Å². The Morgan fingerprint density at radius 1 is 1.50 bits per heavy atom. The van der Waals surface area contributed by atoms with Crippen molar-refractivity contribution in [3.05, 3.63) is 28.9 Å². The van der Waals surface area contributed by atoms with E-state index in [4.69, 9.17) is 15.2 Å². The van der Waals surface area contributed by atoms with Crippen molar-refractivity contribution in [3.63, 3.8) is 0 Å². The third kappa shape index (κ3) is 2.53. The summed E-state index contributed by atoms with van der Waals surface area (Å²) in [6.45, 7) is 4.33. The molecule has 2 heterocycles. The summed E-state index contributed by atoms with van der Waals surface area (Å²) in [4.78, 5) is 0. The zero-order valence-electron chi connectivity index (χ0n) is 11.1. The van der Waals surface area contributed by atoms with Gasteiger partial charge in [-0.15, -0.1) is 0 Å². The first kappa shape index (κ1) is 13.5. The molecule has 5 nitrogen and oxygen atoms in total. The molecule has 1 aliphatic heterocycles. The van der Waals surface area contributed by atoms with Crippen molar-refractivity contribution in [2.24, 2.45) is 5.41 Å². The SMILES string of the molecule is CC1(COc2ccc(-c3cn[nH]c3N)cc2Br)COC1. The molecule has 3 N–H and O–H groups in total. The monoisotopic (exact) mass is 337 g/mol. The molecule has 1 saturated heterocycles. The topological polar surface area (TPSA) is 73.2 Å². The number of nitrogen functional groups attached to an aromatic ring is 1. The number of nitrogens with zero attached hydrogens (tertiary/aromatic N) is 1. The number of ether oxygens (including phenoxy) is 2. The first-order valence-corrected chi connectivity index (χ1v) is 7.16. The average molecular weight is 338 g/mol. The van der Waals surface area contributed by atoms with Crippen LogP contribution in [0.25, 0.3) is 11.1 Å². The lowest BCUT2D eigenvalue weighted by atomic mass is 9.90. The van der Waals surface area contributed by atoms with Gasteiger partial charge in [-0.25, -0.2) is 0 Å². The van der Waals surface area contributed by atoms with E-state index in [0.717, 1.165) is 34.6 Å². The molecule has 0 bridgehead atoms. The minimum Gasteiger partial charge on any atom is -0.492 e. The molecule has 0 unspecified atom stereocenters. The van der Waals surface area contributed by atoms with E-state index in [1.54, 1.807) is 6.20 Å². The van der Waals surface area contributed by atoms with E-state index in [-0.39, 0.29) is 5.41 Å². The second-order valence-corrected chi connectivity index (χ2v) is 6.29. The molecule has 1 fully saturated rings. The average Bonchev–Trinajstić information content (AvgIpc) is 2.81. The molecule has 20 heavy (non-hydrogen) atoms. The summed E-state index contributed by atoms with van der Waals surface area (Å²) in [5.74, 6) is 1.38. The first-order chi connectivity index (χ1) is 9.57. The highest BCUT2D eigenvalue weighted by molar-refractivity contribution is 9.10. The molecule has 0 aliphatic carbocycles. The normalized spacial score (nSPS) is 16.7. The van der Waals surface area contributed by atoms with Crippen LogP contribution in [0, 0.1) is 5.41 Å². The quantitative estimate of drug-likeness (QED) is 0.899. The number of H-pyrrole nitrogens is 1. The Labute approximate surface area is 125 Å². The van der Waals surface area contributed by atoms with Crippen molar-refractivity contribution in [1.82, 2.24) is 10.2 Å². The van der Waals surface area contributed by atoms with E-state index < -0.39 is 0 Å². The minimum absolute atomic E-state index is 0.132. The van der Waals surface area contributed by atoms with Gasteiger partial charge in [0.2, 0.25) is 0 Å². The number of nitrogens with one attached hydrogen (secondary N) is 1. The standard InChI is InChI=1S/C14H16BrN3O2/c1-14(6-19-7-14)8-20-12-3-2-9(4-11(12)15)10-5-17-18-13(10)16/h2-5H,6-8H2,1H3,(H3,16,17,18). The van der Waals surface area contributed by atoms with E-state index in [1.807, 2.05) is 18.2 Å². The summed E-state index contributed by atoms with van der Waals surface area (Å²) in [5.41, 5.74) is 7.84. The molecular formula is C14H16BrN3O2. The Kier molecular flexibility index (Phi) is 3.43. The molecule has 3 rings (SSSR count). The Morgan fingerprint density at radius 3 is 2.85 bits per heavy atom. The van der Waals surface area contributed by atoms with E-state index >= 15 is 0 Å². The Balaban J connectivity index is 1.76. The predicted octanol–water partition coefficient (Wildman–Crippen LogP) is 2.84. The van der Waals surface area contributed by atoms with Gasteiger partial charge in [-0.3, -0.25) is 5.10 Å². The molecule has 0 atom stereocenters. The second-order valence-electron chi connectivity index (χ2n) is 5.43. The second kappa shape index (κ2) is 5.10. The van der Waals surface area contributed by atoms with Crippen molar-refractivity contribution < 1.29 is 9.47 Å². The van der Waals surface area contributed by atoms with Crippen LogP contribution in [0.15, 0.2) is 28.9 Å². The fourth-order valence-corrected chi connectivity index (χ4v) is 2.59. The van der Waals surface area contributed by atoms with Gasteiger partial charge in [0, 0.05) is 11.0 Å². The van der Waals surface area contributed by atoms with Crippen molar-refractivity contribution >= 4 is 21.7 Å². The number of hydrogen-bond donors (Lipinski definition) is 2. The maximum atomic E-state index is 5.86.